The molecule has 0 bridgehead atoms. The molecule has 2 heterocycles. The number of rotatable bonds is 6. The molecule has 0 spiro atoms. The van der Waals surface area contributed by atoms with E-state index in [0.717, 1.165) is 53.5 Å². The zero-order valence-corrected chi connectivity index (χ0v) is 19.1. The Morgan fingerprint density at radius 3 is 2.45 bits per heavy atom. The van der Waals surface area contributed by atoms with Gasteiger partial charge in [0.2, 0.25) is 0 Å². The van der Waals surface area contributed by atoms with Gasteiger partial charge in [0.15, 0.2) is 11.5 Å². The first-order chi connectivity index (χ1) is 15.1. The average molecular weight is 437 g/mol. The minimum absolute atomic E-state index is 0.0971. The molecule has 1 fully saturated rings. The van der Waals surface area contributed by atoms with Gasteiger partial charge >= 0.3 is 0 Å². The number of aromatic nitrogens is 1. The van der Waals surface area contributed by atoms with Gasteiger partial charge in [-0.2, -0.15) is 0 Å². The van der Waals surface area contributed by atoms with Gasteiger partial charge in [0.1, 0.15) is 9.88 Å². The largest absolute Gasteiger partial charge is 0.493 e. The van der Waals surface area contributed by atoms with E-state index in [0.29, 0.717) is 17.4 Å². The van der Waals surface area contributed by atoms with Gasteiger partial charge in [-0.05, 0) is 55.9 Å². The van der Waals surface area contributed by atoms with E-state index in [1.165, 1.54) is 16.9 Å². The molecule has 6 heteroatoms. The third kappa shape index (κ3) is 4.74. The third-order valence-electron chi connectivity index (χ3n) is 5.89. The van der Waals surface area contributed by atoms with Crippen molar-refractivity contribution in [3.05, 3.63) is 64.7 Å². The Hall–Kier alpha value is -2.86. The number of amides is 1. The minimum atomic E-state index is 0.0971. The second-order valence-electron chi connectivity index (χ2n) is 7.93. The topological polar surface area (TPSA) is 51.7 Å². The maximum Gasteiger partial charge on any atom is 0.265 e. The Morgan fingerprint density at radius 2 is 1.77 bits per heavy atom. The molecule has 31 heavy (non-hydrogen) atoms. The van der Waals surface area contributed by atoms with Crippen molar-refractivity contribution in [2.24, 2.45) is 5.92 Å². The summed E-state index contributed by atoms with van der Waals surface area (Å²) in [6.07, 6.45) is 3.17. The lowest BCUT2D eigenvalue weighted by molar-refractivity contribution is 0.0694. The van der Waals surface area contributed by atoms with Crippen LogP contribution in [0.4, 0.5) is 0 Å². The van der Waals surface area contributed by atoms with Crippen LogP contribution >= 0.6 is 11.3 Å². The summed E-state index contributed by atoms with van der Waals surface area (Å²) in [5.41, 5.74) is 3.09. The molecule has 4 rings (SSSR count). The zero-order valence-electron chi connectivity index (χ0n) is 18.3. The lowest BCUT2D eigenvalue weighted by Gasteiger charge is -2.32. The molecule has 3 aromatic rings. The Morgan fingerprint density at radius 1 is 1.06 bits per heavy atom. The highest BCUT2D eigenvalue weighted by Gasteiger charge is 2.27. The summed E-state index contributed by atoms with van der Waals surface area (Å²) < 4.78 is 10.7. The molecule has 1 aliphatic rings. The predicted molar refractivity (Wildman–Crippen MR) is 124 cm³/mol. The monoisotopic (exact) mass is 436 g/mol. The number of carbonyl (C=O) groups is 1. The molecule has 5 nitrogen and oxygen atoms in total. The summed E-state index contributed by atoms with van der Waals surface area (Å²) >= 11 is 1.45. The van der Waals surface area contributed by atoms with Crippen LogP contribution in [0.2, 0.25) is 0 Å². The van der Waals surface area contributed by atoms with E-state index in [-0.39, 0.29) is 5.91 Å². The Kier molecular flexibility index (Phi) is 6.56. The van der Waals surface area contributed by atoms with Crippen molar-refractivity contribution < 1.29 is 14.3 Å². The smallest absolute Gasteiger partial charge is 0.265 e. The van der Waals surface area contributed by atoms with Gasteiger partial charge in [-0.1, -0.05) is 30.3 Å². The molecule has 2 aromatic carbocycles. The SMILES string of the molecule is COc1ccc(-c2nc(C)c(C(=O)N3CCC(Cc4ccccc4)CC3)s2)cc1OC. The van der Waals surface area contributed by atoms with Gasteiger partial charge in [0.05, 0.1) is 19.9 Å². The first kappa shape index (κ1) is 21.4. The van der Waals surface area contributed by atoms with Gasteiger partial charge in [0.25, 0.3) is 5.91 Å². The number of nitrogens with zero attached hydrogens (tertiary/aromatic N) is 2. The molecular weight excluding hydrogens is 408 g/mol. The van der Waals surface area contributed by atoms with E-state index >= 15 is 0 Å². The predicted octanol–water partition coefficient (Wildman–Crippen LogP) is 5.23. The van der Waals surface area contributed by atoms with E-state index in [1.807, 2.05) is 30.0 Å². The maximum atomic E-state index is 13.2. The molecule has 162 valence electrons. The number of benzene rings is 2. The van der Waals surface area contributed by atoms with Crippen LogP contribution in [-0.4, -0.2) is 43.1 Å². The van der Waals surface area contributed by atoms with Crippen LogP contribution in [0.15, 0.2) is 48.5 Å². The molecule has 0 aliphatic carbocycles. The minimum Gasteiger partial charge on any atom is -0.493 e. The maximum absolute atomic E-state index is 13.2. The number of piperidine rings is 1. The van der Waals surface area contributed by atoms with Crippen molar-refractivity contribution in [2.75, 3.05) is 27.3 Å². The van der Waals surface area contributed by atoms with Crippen molar-refractivity contribution in [1.82, 2.24) is 9.88 Å². The number of carbonyl (C=O) groups excluding carboxylic acids is 1. The summed E-state index contributed by atoms with van der Waals surface area (Å²) in [7, 11) is 3.23. The molecule has 0 saturated carbocycles. The van der Waals surface area contributed by atoms with Crippen LogP contribution in [0.5, 0.6) is 11.5 Å². The Bertz CT molecular complexity index is 1040. The Balaban J connectivity index is 1.44. The number of aryl methyl sites for hydroxylation is 1. The van der Waals surface area contributed by atoms with Crippen molar-refractivity contribution in [3.63, 3.8) is 0 Å². The normalized spacial score (nSPS) is 14.5. The molecule has 0 unspecified atom stereocenters. The molecule has 1 amide bonds. The first-order valence-electron chi connectivity index (χ1n) is 10.6. The standard InChI is InChI=1S/C25H28N2O3S/c1-17-23(31-24(26-17)20-9-10-21(29-2)22(16-20)30-3)25(28)27-13-11-19(12-14-27)15-18-7-5-4-6-8-18/h4-10,16,19H,11-15H2,1-3H3. The summed E-state index contributed by atoms with van der Waals surface area (Å²) in [6.45, 7) is 3.52. The van der Waals surface area contributed by atoms with Crippen LogP contribution in [0.3, 0.4) is 0 Å². The van der Waals surface area contributed by atoms with Crippen molar-refractivity contribution in [2.45, 2.75) is 26.2 Å². The average Bonchev–Trinajstić information content (AvgIpc) is 3.21. The highest BCUT2D eigenvalue weighted by molar-refractivity contribution is 7.17. The highest BCUT2D eigenvalue weighted by Crippen LogP contribution is 2.35. The zero-order chi connectivity index (χ0) is 21.8. The number of methoxy groups -OCH3 is 2. The molecule has 0 atom stereocenters. The fourth-order valence-corrected chi connectivity index (χ4v) is 5.15. The van der Waals surface area contributed by atoms with Crippen LogP contribution in [0, 0.1) is 12.8 Å². The van der Waals surface area contributed by atoms with E-state index in [1.54, 1.807) is 14.2 Å². The second kappa shape index (κ2) is 9.52. The van der Waals surface area contributed by atoms with Gasteiger partial charge in [-0.25, -0.2) is 4.98 Å². The van der Waals surface area contributed by atoms with Gasteiger partial charge in [-0.15, -0.1) is 11.3 Å². The summed E-state index contributed by atoms with van der Waals surface area (Å²) in [5.74, 6) is 2.06. The number of ether oxygens (including phenoxy) is 2. The van der Waals surface area contributed by atoms with Crippen LogP contribution in [0.1, 0.15) is 33.8 Å². The number of likely N-dealkylation sites (tertiary alicyclic amines) is 1. The summed E-state index contributed by atoms with van der Waals surface area (Å²) in [4.78, 5) is 20.6. The molecule has 0 radical (unpaired) electrons. The van der Waals surface area contributed by atoms with Crippen LogP contribution in [-0.2, 0) is 6.42 Å². The van der Waals surface area contributed by atoms with E-state index < -0.39 is 0 Å². The van der Waals surface area contributed by atoms with E-state index in [4.69, 9.17) is 9.47 Å². The fourth-order valence-electron chi connectivity index (χ4n) is 4.12. The van der Waals surface area contributed by atoms with Crippen LogP contribution in [0.25, 0.3) is 10.6 Å². The second-order valence-corrected chi connectivity index (χ2v) is 8.93. The van der Waals surface area contributed by atoms with Gasteiger partial charge < -0.3 is 14.4 Å². The molecular formula is C25H28N2O3S. The number of thiazole rings is 1. The molecule has 1 aromatic heterocycles. The number of hydrogen-bond donors (Lipinski definition) is 0. The third-order valence-corrected chi connectivity index (χ3v) is 7.08. The lowest BCUT2D eigenvalue weighted by Crippen LogP contribution is -2.38. The van der Waals surface area contributed by atoms with Gasteiger partial charge in [0, 0.05) is 18.7 Å². The van der Waals surface area contributed by atoms with Gasteiger partial charge in [-0.3, -0.25) is 4.79 Å². The van der Waals surface area contributed by atoms with Crippen molar-refractivity contribution in [1.29, 1.82) is 0 Å². The summed E-state index contributed by atoms with van der Waals surface area (Å²) in [6, 6.07) is 16.3. The molecule has 1 aliphatic heterocycles. The van der Waals surface area contributed by atoms with Crippen molar-refractivity contribution in [3.8, 4) is 22.1 Å². The van der Waals surface area contributed by atoms with Crippen molar-refractivity contribution >= 4 is 17.2 Å². The van der Waals surface area contributed by atoms with Crippen LogP contribution < -0.4 is 9.47 Å². The summed E-state index contributed by atoms with van der Waals surface area (Å²) in [5, 5.41) is 0.820. The quantitative estimate of drug-likeness (QED) is 0.531. The Labute approximate surface area is 187 Å². The van der Waals surface area contributed by atoms with E-state index in [2.05, 4.69) is 35.3 Å². The fraction of sp³-hybridized carbons (Fsp3) is 0.360. The highest BCUT2D eigenvalue weighted by atomic mass is 32.1. The van der Waals surface area contributed by atoms with E-state index in [9.17, 15) is 4.79 Å². The first-order valence-corrected chi connectivity index (χ1v) is 11.4. The molecule has 1 saturated heterocycles. The number of hydrogen-bond acceptors (Lipinski definition) is 5. The molecule has 0 N–H and O–H groups in total. The lowest BCUT2D eigenvalue weighted by atomic mass is 9.90.